The van der Waals surface area contributed by atoms with Gasteiger partial charge in [0.1, 0.15) is 10.7 Å². The second-order valence-corrected chi connectivity index (χ2v) is 7.53. The number of aromatic nitrogens is 3. The number of thiazole rings is 1. The molecule has 0 fully saturated rings. The summed E-state index contributed by atoms with van der Waals surface area (Å²) in [5.41, 5.74) is 2.19. The molecule has 20 heavy (non-hydrogen) atoms. The molecule has 0 aromatic carbocycles. The number of nitrogens with one attached hydrogen (secondary N) is 1. The Morgan fingerprint density at radius 2 is 2.05 bits per heavy atom. The van der Waals surface area contributed by atoms with Gasteiger partial charge in [0, 0.05) is 36.1 Å². The average molecular weight is 292 g/mol. The van der Waals surface area contributed by atoms with E-state index >= 15 is 0 Å². The van der Waals surface area contributed by atoms with E-state index in [1.807, 2.05) is 24.0 Å². The SMILES string of the molecule is CC(C)NCc1sc(-c2ccn(C)n2)nc1C(C)(C)C. The zero-order valence-corrected chi connectivity index (χ0v) is 14.0. The van der Waals surface area contributed by atoms with Crippen molar-refractivity contribution in [2.24, 2.45) is 7.05 Å². The molecule has 1 N–H and O–H groups in total. The Bertz CT molecular complexity index is 575. The van der Waals surface area contributed by atoms with Crippen LogP contribution < -0.4 is 5.32 Å². The minimum Gasteiger partial charge on any atom is -0.310 e. The molecule has 0 bridgehead atoms. The zero-order valence-electron chi connectivity index (χ0n) is 13.2. The lowest BCUT2D eigenvalue weighted by atomic mass is 9.91. The lowest BCUT2D eigenvalue weighted by Crippen LogP contribution is -2.23. The van der Waals surface area contributed by atoms with Crippen molar-refractivity contribution in [1.82, 2.24) is 20.1 Å². The van der Waals surface area contributed by atoms with Crippen LogP contribution in [0.5, 0.6) is 0 Å². The van der Waals surface area contributed by atoms with Gasteiger partial charge in [0.15, 0.2) is 0 Å². The highest BCUT2D eigenvalue weighted by Gasteiger charge is 2.24. The monoisotopic (exact) mass is 292 g/mol. The molecular formula is C15H24N4S. The van der Waals surface area contributed by atoms with Gasteiger partial charge in [0.2, 0.25) is 0 Å². The van der Waals surface area contributed by atoms with Crippen molar-refractivity contribution in [3.8, 4) is 10.7 Å². The van der Waals surface area contributed by atoms with Gasteiger partial charge in [-0.2, -0.15) is 5.10 Å². The lowest BCUT2D eigenvalue weighted by molar-refractivity contribution is 0.546. The van der Waals surface area contributed by atoms with Gasteiger partial charge >= 0.3 is 0 Å². The maximum atomic E-state index is 4.85. The van der Waals surface area contributed by atoms with E-state index in [1.165, 1.54) is 10.6 Å². The van der Waals surface area contributed by atoms with E-state index in [-0.39, 0.29) is 5.41 Å². The van der Waals surface area contributed by atoms with E-state index in [0.717, 1.165) is 17.2 Å². The van der Waals surface area contributed by atoms with E-state index in [2.05, 4.69) is 45.0 Å². The van der Waals surface area contributed by atoms with Gasteiger partial charge in [-0.05, 0) is 6.07 Å². The van der Waals surface area contributed by atoms with Crippen LogP contribution in [0.15, 0.2) is 12.3 Å². The third-order valence-corrected chi connectivity index (χ3v) is 4.09. The van der Waals surface area contributed by atoms with Crippen molar-refractivity contribution in [3.05, 3.63) is 22.8 Å². The molecule has 2 aromatic heterocycles. The normalized spacial score (nSPS) is 12.3. The van der Waals surface area contributed by atoms with Gasteiger partial charge < -0.3 is 5.32 Å². The molecule has 4 nitrogen and oxygen atoms in total. The summed E-state index contributed by atoms with van der Waals surface area (Å²) in [6.45, 7) is 11.8. The summed E-state index contributed by atoms with van der Waals surface area (Å²) in [5, 5.41) is 8.96. The first-order chi connectivity index (χ1) is 9.27. The molecule has 0 unspecified atom stereocenters. The van der Waals surface area contributed by atoms with Crippen molar-refractivity contribution >= 4 is 11.3 Å². The maximum Gasteiger partial charge on any atom is 0.144 e. The summed E-state index contributed by atoms with van der Waals surface area (Å²) in [4.78, 5) is 6.16. The number of nitrogens with zero attached hydrogens (tertiary/aromatic N) is 3. The first-order valence-electron chi connectivity index (χ1n) is 7.01. The van der Waals surface area contributed by atoms with Crippen molar-refractivity contribution < 1.29 is 0 Å². The molecule has 0 aliphatic heterocycles. The van der Waals surface area contributed by atoms with Crippen molar-refractivity contribution in [2.45, 2.75) is 52.6 Å². The molecule has 0 amide bonds. The summed E-state index contributed by atoms with van der Waals surface area (Å²) in [5.74, 6) is 0. The third-order valence-electron chi connectivity index (χ3n) is 3.01. The fourth-order valence-electron chi connectivity index (χ4n) is 1.99. The maximum absolute atomic E-state index is 4.85. The average Bonchev–Trinajstić information content (AvgIpc) is 2.91. The molecule has 2 rings (SSSR count). The Labute approximate surface area is 125 Å². The standard InChI is InChI=1S/C15H24N4S/c1-10(2)16-9-12-13(15(3,4)5)17-14(20-12)11-7-8-19(6)18-11/h7-8,10,16H,9H2,1-6H3. The molecule has 0 aliphatic rings. The number of hydrogen-bond acceptors (Lipinski definition) is 4. The van der Waals surface area contributed by atoms with Crippen LogP contribution in [0.1, 0.15) is 45.2 Å². The van der Waals surface area contributed by atoms with Crippen LogP contribution in [0, 0.1) is 0 Å². The van der Waals surface area contributed by atoms with Crippen LogP contribution in [-0.2, 0) is 19.0 Å². The minimum absolute atomic E-state index is 0.0531. The van der Waals surface area contributed by atoms with Crippen molar-refractivity contribution in [3.63, 3.8) is 0 Å². The molecule has 0 saturated heterocycles. The highest BCUT2D eigenvalue weighted by molar-refractivity contribution is 7.15. The second kappa shape index (κ2) is 5.66. The lowest BCUT2D eigenvalue weighted by Gasteiger charge is -2.18. The van der Waals surface area contributed by atoms with Crippen LogP contribution in [-0.4, -0.2) is 20.8 Å². The summed E-state index contributed by atoms with van der Waals surface area (Å²) >= 11 is 1.75. The van der Waals surface area contributed by atoms with Crippen LogP contribution in [0.25, 0.3) is 10.7 Å². The van der Waals surface area contributed by atoms with Gasteiger partial charge in [-0.15, -0.1) is 11.3 Å². The molecule has 2 heterocycles. The van der Waals surface area contributed by atoms with E-state index < -0.39 is 0 Å². The molecular weight excluding hydrogens is 268 g/mol. The third kappa shape index (κ3) is 3.46. The molecule has 110 valence electrons. The predicted octanol–water partition coefficient (Wildman–Crippen LogP) is 3.34. The Balaban J connectivity index is 2.36. The second-order valence-electron chi connectivity index (χ2n) is 6.45. The molecule has 0 radical (unpaired) electrons. The summed E-state index contributed by atoms with van der Waals surface area (Å²) in [6.07, 6.45) is 1.96. The Morgan fingerprint density at radius 1 is 1.35 bits per heavy atom. The number of aryl methyl sites for hydroxylation is 1. The topological polar surface area (TPSA) is 42.7 Å². The Hall–Kier alpha value is -1.20. The minimum atomic E-state index is 0.0531. The highest BCUT2D eigenvalue weighted by atomic mass is 32.1. The molecule has 0 atom stereocenters. The van der Waals surface area contributed by atoms with Gasteiger partial charge in [-0.3, -0.25) is 4.68 Å². The largest absolute Gasteiger partial charge is 0.310 e. The molecule has 0 saturated carbocycles. The predicted molar refractivity (Wildman–Crippen MR) is 85.0 cm³/mol. The van der Waals surface area contributed by atoms with E-state index in [4.69, 9.17) is 4.98 Å². The summed E-state index contributed by atoms with van der Waals surface area (Å²) in [7, 11) is 1.93. The van der Waals surface area contributed by atoms with E-state index in [9.17, 15) is 0 Å². The van der Waals surface area contributed by atoms with Gasteiger partial charge in [0.25, 0.3) is 0 Å². The first kappa shape index (κ1) is 15.2. The van der Waals surface area contributed by atoms with E-state index in [0.29, 0.717) is 6.04 Å². The Kier molecular flexibility index (Phi) is 4.30. The molecule has 5 heteroatoms. The summed E-state index contributed by atoms with van der Waals surface area (Å²) < 4.78 is 1.82. The highest BCUT2D eigenvalue weighted by Crippen LogP contribution is 2.33. The molecule has 0 spiro atoms. The van der Waals surface area contributed by atoms with Crippen molar-refractivity contribution in [1.29, 1.82) is 0 Å². The van der Waals surface area contributed by atoms with Crippen LogP contribution in [0.3, 0.4) is 0 Å². The first-order valence-corrected chi connectivity index (χ1v) is 7.82. The van der Waals surface area contributed by atoms with Crippen LogP contribution in [0.2, 0.25) is 0 Å². The molecule has 0 aliphatic carbocycles. The number of hydrogen-bond donors (Lipinski definition) is 1. The fraction of sp³-hybridized carbons (Fsp3) is 0.600. The smallest absolute Gasteiger partial charge is 0.144 e. The van der Waals surface area contributed by atoms with Crippen molar-refractivity contribution in [2.75, 3.05) is 0 Å². The summed E-state index contributed by atoms with van der Waals surface area (Å²) in [6, 6.07) is 2.49. The van der Waals surface area contributed by atoms with Gasteiger partial charge in [-0.1, -0.05) is 34.6 Å². The van der Waals surface area contributed by atoms with Crippen LogP contribution >= 0.6 is 11.3 Å². The number of rotatable bonds is 4. The van der Waals surface area contributed by atoms with E-state index in [1.54, 1.807) is 11.3 Å². The van der Waals surface area contributed by atoms with Gasteiger partial charge in [0.05, 0.1) is 5.69 Å². The fourth-order valence-corrected chi connectivity index (χ4v) is 3.18. The zero-order chi connectivity index (χ0) is 14.9. The molecule has 2 aromatic rings. The van der Waals surface area contributed by atoms with Crippen LogP contribution in [0.4, 0.5) is 0 Å². The Morgan fingerprint density at radius 3 is 2.55 bits per heavy atom. The quantitative estimate of drug-likeness (QED) is 0.940. The van der Waals surface area contributed by atoms with Gasteiger partial charge in [-0.25, -0.2) is 4.98 Å².